The van der Waals surface area contributed by atoms with Gasteiger partial charge in [-0.05, 0) is 23.8 Å². The molecule has 6 nitrogen and oxygen atoms in total. The second kappa shape index (κ2) is 5.32. The number of benzene rings is 1. The first-order chi connectivity index (χ1) is 9.97. The fourth-order valence-electron chi connectivity index (χ4n) is 2.35. The van der Waals surface area contributed by atoms with Crippen molar-refractivity contribution in [1.82, 2.24) is 14.5 Å². The molecule has 112 valence electrons. The molecule has 3 rings (SSSR count). The van der Waals surface area contributed by atoms with Crippen molar-refractivity contribution in [3.05, 3.63) is 40.5 Å². The predicted molar refractivity (Wildman–Crippen MR) is 77.9 cm³/mol. The summed E-state index contributed by atoms with van der Waals surface area (Å²) < 4.78 is 33.9. The number of aromatic nitrogens is 2. The van der Waals surface area contributed by atoms with E-state index in [-0.39, 0.29) is 11.6 Å². The molecule has 0 saturated heterocycles. The predicted octanol–water partition coefficient (Wildman–Crippen LogP) is 1.49. The normalized spacial score (nSPS) is 14.0. The Hall–Kier alpha value is -1.57. The number of aryl methyl sites for hydroxylation is 1. The lowest BCUT2D eigenvalue weighted by Gasteiger charge is -2.11. The molecule has 0 atom stereocenters. The number of sulfonamides is 1. The first kappa shape index (κ1) is 14.4. The highest BCUT2D eigenvalue weighted by molar-refractivity contribution is 7.89. The maximum Gasteiger partial charge on any atom is 0.258 e. The minimum Gasteiger partial charge on any atom is -0.493 e. The third-order valence-electron chi connectivity index (χ3n) is 3.33. The highest BCUT2D eigenvalue weighted by atomic mass is 35.5. The summed E-state index contributed by atoms with van der Waals surface area (Å²) in [7, 11) is -2.05. The summed E-state index contributed by atoms with van der Waals surface area (Å²) in [5.41, 5.74) is 1.75. The van der Waals surface area contributed by atoms with Gasteiger partial charge < -0.3 is 4.74 Å². The van der Waals surface area contributed by atoms with Crippen LogP contribution in [0.5, 0.6) is 5.75 Å². The highest BCUT2D eigenvalue weighted by Crippen LogP contribution is 2.32. The first-order valence-electron chi connectivity index (χ1n) is 6.39. The molecule has 0 bridgehead atoms. The fourth-order valence-corrected chi connectivity index (χ4v) is 3.74. The number of halogens is 1. The molecule has 0 fully saturated rings. The smallest absolute Gasteiger partial charge is 0.258 e. The lowest BCUT2D eigenvalue weighted by atomic mass is 10.1. The Morgan fingerprint density at radius 3 is 3.00 bits per heavy atom. The second-order valence-corrected chi connectivity index (χ2v) is 6.92. The lowest BCUT2D eigenvalue weighted by Crippen LogP contribution is -2.25. The molecule has 2 aromatic rings. The van der Waals surface area contributed by atoms with Gasteiger partial charge in [-0.3, -0.25) is 4.68 Å². The molecule has 1 aromatic carbocycles. The van der Waals surface area contributed by atoms with Crippen molar-refractivity contribution in [2.24, 2.45) is 7.05 Å². The van der Waals surface area contributed by atoms with Crippen LogP contribution in [0.15, 0.2) is 29.4 Å². The minimum absolute atomic E-state index is 0.113. The Bertz CT molecular complexity index is 786. The van der Waals surface area contributed by atoms with Crippen LogP contribution >= 0.6 is 11.6 Å². The van der Waals surface area contributed by atoms with Crippen LogP contribution in [-0.2, 0) is 30.0 Å². The van der Waals surface area contributed by atoms with Gasteiger partial charge in [0.15, 0.2) is 5.03 Å². The molecule has 0 aliphatic carbocycles. The van der Waals surface area contributed by atoms with Gasteiger partial charge in [-0.1, -0.05) is 11.6 Å². The largest absolute Gasteiger partial charge is 0.493 e. The molecule has 0 radical (unpaired) electrons. The zero-order valence-electron chi connectivity index (χ0n) is 11.3. The molecule has 0 amide bonds. The molecule has 1 N–H and O–H groups in total. The Morgan fingerprint density at radius 2 is 2.29 bits per heavy atom. The maximum atomic E-state index is 12.2. The van der Waals surface area contributed by atoms with Crippen molar-refractivity contribution in [2.45, 2.75) is 18.0 Å². The average Bonchev–Trinajstić information content (AvgIpc) is 3.04. The van der Waals surface area contributed by atoms with E-state index < -0.39 is 10.0 Å². The van der Waals surface area contributed by atoms with Gasteiger partial charge >= 0.3 is 0 Å². The molecule has 1 aliphatic heterocycles. The number of nitrogens with zero attached hydrogens (tertiary/aromatic N) is 2. The van der Waals surface area contributed by atoms with Crippen molar-refractivity contribution in [2.75, 3.05) is 6.61 Å². The zero-order valence-corrected chi connectivity index (χ0v) is 12.9. The van der Waals surface area contributed by atoms with E-state index in [2.05, 4.69) is 9.82 Å². The lowest BCUT2D eigenvalue weighted by molar-refractivity contribution is 0.353. The standard InChI is InChI=1S/C13H14ClN3O3S/c1-17-12(2-4-15-17)21(18,19)16-8-10-7-11(14)6-9-3-5-20-13(9)10/h2,4,6-7,16H,3,5,8H2,1H3. The molecule has 8 heteroatoms. The summed E-state index contributed by atoms with van der Waals surface area (Å²) in [6.45, 7) is 0.716. The summed E-state index contributed by atoms with van der Waals surface area (Å²) in [4.78, 5) is 0. The molecular weight excluding hydrogens is 314 g/mol. The Kier molecular flexibility index (Phi) is 3.64. The Balaban J connectivity index is 1.85. The van der Waals surface area contributed by atoms with Gasteiger partial charge in [-0.15, -0.1) is 0 Å². The van der Waals surface area contributed by atoms with E-state index in [1.165, 1.54) is 16.9 Å². The van der Waals surface area contributed by atoms with E-state index in [1.807, 2.05) is 6.07 Å². The molecule has 1 aromatic heterocycles. The third-order valence-corrected chi connectivity index (χ3v) is 5.02. The van der Waals surface area contributed by atoms with Crippen molar-refractivity contribution in [1.29, 1.82) is 0 Å². The number of rotatable bonds is 4. The summed E-state index contributed by atoms with van der Waals surface area (Å²) in [6.07, 6.45) is 2.23. The number of nitrogens with one attached hydrogen (secondary N) is 1. The van der Waals surface area contributed by atoms with Crippen LogP contribution in [0.3, 0.4) is 0 Å². The topological polar surface area (TPSA) is 73.2 Å². The molecular formula is C13H14ClN3O3S. The van der Waals surface area contributed by atoms with E-state index in [9.17, 15) is 8.42 Å². The first-order valence-corrected chi connectivity index (χ1v) is 8.25. The van der Waals surface area contributed by atoms with Crippen molar-refractivity contribution in [3.63, 3.8) is 0 Å². The van der Waals surface area contributed by atoms with E-state index in [0.717, 1.165) is 23.3 Å². The van der Waals surface area contributed by atoms with Crippen LogP contribution in [0.1, 0.15) is 11.1 Å². The molecule has 0 unspecified atom stereocenters. The second-order valence-electron chi connectivity index (χ2n) is 4.77. The van der Waals surface area contributed by atoms with Crippen LogP contribution in [-0.4, -0.2) is 24.8 Å². The van der Waals surface area contributed by atoms with Crippen molar-refractivity contribution in [3.8, 4) is 5.75 Å². The van der Waals surface area contributed by atoms with Gasteiger partial charge in [0.05, 0.1) is 12.8 Å². The number of fused-ring (bicyclic) bond motifs is 1. The number of hydrogen-bond acceptors (Lipinski definition) is 4. The molecule has 1 aliphatic rings. The van der Waals surface area contributed by atoms with Crippen LogP contribution in [0.4, 0.5) is 0 Å². The zero-order chi connectivity index (χ0) is 15.0. The van der Waals surface area contributed by atoms with Gasteiger partial charge in [0.1, 0.15) is 5.75 Å². The molecule has 21 heavy (non-hydrogen) atoms. The van der Waals surface area contributed by atoms with Gasteiger partial charge in [0.2, 0.25) is 0 Å². The highest BCUT2D eigenvalue weighted by Gasteiger charge is 2.21. The van der Waals surface area contributed by atoms with E-state index in [0.29, 0.717) is 11.6 Å². The van der Waals surface area contributed by atoms with Crippen LogP contribution in [0.25, 0.3) is 0 Å². The fraction of sp³-hybridized carbons (Fsp3) is 0.308. The summed E-state index contributed by atoms with van der Waals surface area (Å²) in [5.74, 6) is 0.729. The summed E-state index contributed by atoms with van der Waals surface area (Å²) in [5, 5.41) is 4.55. The Morgan fingerprint density at radius 1 is 1.48 bits per heavy atom. The van der Waals surface area contributed by atoms with E-state index in [1.54, 1.807) is 13.1 Å². The number of ether oxygens (including phenoxy) is 1. The van der Waals surface area contributed by atoms with Gasteiger partial charge in [-0.25, -0.2) is 13.1 Å². The number of hydrogen-bond donors (Lipinski definition) is 1. The summed E-state index contributed by atoms with van der Waals surface area (Å²) in [6, 6.07) is 5.02. The van der Waals surface area contributed by atoms with E-state index >= 15 is 0 Å². The maximum absolute atomic E-state index is 12.2. The average molecular weight is 328 g/mol. The summed E-state index contributed by atoms with van der Waals surface area (Å²) >= 11 is 6.06. The van der Waals surface area contributed by atoms with Crippen LogP contribution < -0.4 is 9.46 Å². The minimum atomic E-state index is -3.62. The third kappa shape index (κ3) is 2.76. The molecule has 0 spiro atoms. The molecule has 2 heterocycles. The van der Waals surface area contributed by atoms with Crippen molar-refractivity contribution < 1.29 is 13.2 Å². The SMILES string of the molecule is Cn1nccc1S(=O)(=O)NCc1cc(Cl)cc2c1OCC2. The van der Waals surface area contributed by atoms with Crippen LogP contribution in [0.2, 0.25) is 5.02 Å². The van der Waals surface area contributed by atoms with Crippen LogP contribution in [0, 0.1) is 0 Å². The van der Waals surface area contributed by atoms with Gasteiger partial charge in [-0.2, -0.15) is 5.10 Å². The van der Waals surface area contributed by atoms with Gasteiger partial charge in [0, 0.05) is 30.6 Å². The molecule has 0 saturated carbocycles. The quantitative estimate of drug-likeness (QED) is 0.923. The monoisotopic (exact) mass is 327 g/mol. The van der Waals surface area contributed by atoms with E-state index in [4.69, 9.17) is 16.3 Å². The Labute approximate surface area is 127 Å². The van der Waals surface area contributed by atoms with Crippen molar-refractivity contribution >= 4 is 21.6 Å². The van der Waals surface area contributed by atoms with Gasteiger partial charge in [0.25, 0.3) is 10.0 Å².